The van der Waals surface area contributed by atoms with E-state index in [1.165, 1.54) is 5.56 Å². The fourth-order valence-corrected chi connectivity index (χ4v) is 3.78. The molecular weight excluding hydrogens is 388 g/mol. The fraction of sp³-hybridized carbons (Fsp3) is 0.440. The van der Waals surface area contributed by atoms with Gasteiger partial charge in [-0.1, -0.05) is 49.4 Å². The Kier molecular flexibility index (Phi) is 8.62. The average molecular weight is 423 g/mol. The third-order valence-corrected chi connectivity index (χ3v) is 5.74. The van der Waals surface area contributed by atoms with E-state index in [1.807, 2.05) is 25.1 Å². The summed E-state index contributed by atoms with van der Waals surface area (Å²) in [5.74, 6) is -0.230. The maximum Gasteiger partial charge on any atom is 0.251 e. The van der Waals surface area contributed by atoms with Crippen LogP contribution in [0, 0.1) is 0 Å². The summed E-state index contributed by atoms with van der Waals surface area (Å²) in [5, 5.41) is 5.82. The number of carbonyl (C=O) groups is 2. The van der Waals surface area contributed by atoms with Crippen LogP contribution in [0.15, 0.2) is 54.6 Å². The van der Waals surface area contributed by atoms with Gasteiger partial charge in [-0.15, -0.1) is 0 Å². The van der Waals surface area contributed by atoms with Crippen LogP contribution >= 0.6 is 0 Å². The lowest BCUT2D eigenvalue weighted by Gasteiger charge is -2.34. The van der Waals surface area contributed by atoms with Gasteiger partial charge in [0, 0.05) is 57.3 Å². The van der Waals surface area contributed by atoms with Gasteiger partial charge in [0.25, 0.3) is 5.91 Å². The van der Waals surface area contributed by atoms with Crippen LogP contribution in [0.3, 0.4) is 0 Å². The molecule has 0 spiro atoms. The molecule has 31 heavy (non-hydrogen) atoms. The number of piperazine rings is 1. The molecular formula is C25H34N4O2. The van der Waals surface area contributed by atoms with Crippen LogP contribution in [0.25, 0.3) is 0 Å². The SMILES string of the molecule is CCN1CCN(Cc2ccc(CNC(=O)CC(C)NC(=O)c3ccccc3)cc2)CC1. The van der Waals surface area contributed by atoms with Gasteiger partial charge in [0.05, 0.1) is 0 Å². The predicted molar refractivity (Wildman–Crippen MR) is 124 cm³/mol. The van der Waals surface area contributed by atoms with Crippen molar-refractivity contribution in [3.63, 3.8) is 0 Å². The second-order valence-corrected chi connectivity index (χ2v) is 8.25. The van der Waals surface area contributed by atoms with Crippen LogP contribution in [0.1, 0.15) is 41.8 Å². The zero-order valence-electron chi connectivity index (χ0n) is 18.6. The molecule has 1 unspecified atom stereocenters. The summed E-state index contributed by atoms with van der Waals surface area (Å²) in [4.78, 5) is 29.4. The van der Waals surface area contributed by atoms with E-state index in [0.717, 1.165) is 44.8 Å². The first kappa shape index (κ1) is 23.0. The molecule has 2 aromatic carbocycles. The molecule has 0 radical (unpaired) electrons. The van der Waals surface area contributed by atoms with E-state index in [1.54, 1.807) is 12.1 Å². The Balaban J connectivity index is 1.37. The maximum atomic E-state index is 12.3. The van der Waals surface area contributed by atoms with Crippen LogP contribution in [0.2, 0.25) is 0 Å². The van der Waals surface area contributed by atoms with Crippen molar-refractivity contribution in [1.82, 2.24) is 20.4 Å². The molecule has 2 amide bonds. The largest absolute Gasteiger partial charge is 0.352 e. The minimum absolute atomic E-state index is 0.0706. The molecule has 1 heterocycles. The van der Waals surface area contributed by atoms with E-state index in [4.69, 9.17) is 0 Å². The molecule has 1 saturated heterocycles. The zero-order valence-corrected chi connectivity index (χ0v) is 18.6. The maximum absolute atomic E-state index is 12.3. The summed E-state index contributed by atoms with van der Waals surface area (Å²) in [6.45, 7) is 11.2. The smallest absolute Gasteiger partial charge is 0.251 e. The highest BCUT2D eigenvalue weighted by Gasteiger charge is 2.16. The number of hydrogen-bond acceptors (Lipinski definition) is 4. The Morgan fingerprint density at radius 3 is 2.16 bits per heavy atom. The summed E-state index contributed by atoms with van der Waals surface area (Å²) >= 11 is 0. The van der Waals surface area contributed by atoms with Crippen LogP contribution in [-0.4, -0.2) is 60.4 Å². The monoisotopic (exact) mass is 422 g/mol. The predicted octanol–water partition coefficient (Wildman–Crippen LogP) is 2.65. The van der Waals surface area contributed by atoms with Crippen molar-refractivity contribution in [2.24, 2.45) is 0 Å². The van der Waals surface area contributed by atoms with E-state index < -0.39 is 0 Å². The minimum atomic E-state index is -0.233. The fourth-order valence-electron chi connectivity index (χ4n) is 3.78. The van der Waals surface area contributed by atoms with Gasteiger partial charge in [-0.05, 0) is 36.7 Å². The quantitative estimate of drug-likeness (QED) is 0.652. The van der Waals surface area contributed by atoms with Gasteiger partial charge in [0.2, 0.25) is 5.91 Å². The van der Waals surface area contributed by atoms with Crippen molar-refractivity contribution in [3.05, 3.63) is 71.3 Å². The summed E-state index contributed by atoms with van der Waals surface area (Å²) in [7, 11) is 0. The lowest BCUT2D eigenvalue weighted by atomic mass is 10.1. The van der Waals surface area contributed by atoms with Crippen molar-refractivity contribution in [2.45, 2.75) is 39.4 Å². The number of nitrogens with one attached hydrogen (secondary N) is 2. The normalized spacial score (nSPS) is 15.9. The molecule has 1 fully saturated rings. The Bertz CT molecular complexity index is 830. The second-order valence-electron chi connectivity index (χ2n) is 8.25. The molecule has 1 atom stereocenters. The summed E-state index contributed by atoms with van der Waals surface area (Å²) in [6.07, 6.45) is 0.250. The Morgan fingerprint density at radius 2 is 1.52 bits per heavy atom. The van der Waals surface area contributed by atoms with E-state index in [2.05, 4.69) is 51.6 Å². The minimum Gasteiger partial charge on any atom is -0.352 e. The van der Waals surface area contributed by atoms with E-state index in [-0.39, 0.29) is 24.3 Å². The molecule has 3 rings (SSSR count). The van der Waals surface area contributed by atoms with Gasteiger partial charge < -0.3 is 15.5 Å². The van der Waals surface area contributed by atoms with E-state index in [9.17, 15) is 9.59 Å². The summed E-state index contributed by atoms with van der Waals surface area (Å²) in [6, 6.07) is 17.3. The molecule has 166 valence electrons. The van der Waals surface area contributed by atoms with Crippen molar-refractivity contribution in [3.8, 4) is 0 Å². The summed E-state index contributed by atoms with van der Waals surface area (Å²) < 4.78 is 0. The molecule has 1 aliphatic heterocycles. The molecule has 0 saturated carbocycles. The highest BCUT2D eigenvalue weighted by Crippen LogP contribution is 2.10. The lowest BCUT2D eigenvalue weighted by Crippen LogP contribution is -2.45. The zero-order chi connectivity index (χ0) is 22.1. The number of likely N-dealkylation sites (N-methyl/N-ethyl adjacent to an activating group) is 1. The Morgan fingerprint density at radius 1 is 0.903 bits per heavy atom. The van der Waals surface area contributed by atoms with Crippen molar-refractivity contribution < 1.29 is 9.59 Å². The van der Waals surface area contributed by atoms with Gasteiger partial charge in [0.15, 0.2) is 0 Å². The van der Waals surface area contributed by atoms with Crippen LogP contribution in [0.4, 0.5) is 0 Å². The van der Waals surface area contributed by atoms with Gasteiger partial charge in [-0.25, -0.2) is 0 Å². The number of nitrogens with zero attached hydrogens (tertiary/aromatic N) is 2. The standard InChI is InChI=1S/C25H34N4O2/c1-3-28-13-15-29(16-14-28)19-22-11-9-21(10-12-22)18-26-24(30)17-20(2)27-25(31)23-7-5-4-6-8-23/h4-12,20H,3,13-19H2,1-2H3,(H,26,30)(H,27,31). The van der Waals surface area contributed by atoms with Gasteiger partial charge in [-0.2, -0.15) is 0 Å². The lowest BCUT2D eigenvalue weighted by molar-refractivity contribution is -0.121. The number of amides is 2. The number of rotatable bonds is 9. The van der Waals surface area contributed by atoms with Crippen molar-refractivity contribution >= 4 is 11.8 Å². The first-order valence-corrected chi connectivity index (χ1v) is 11.2. The topological polar surface area (TPSA) is 64.7 Å². The van der Waals surface area contributed by atoms with Crippen molar-refractivity contribution in [2.75, 3.05) is 32.7 Å². The van der Waals surface area contributed by atoms with Crippen LogP contribution in [0.5, 0.6) is 0 Å². The first-order chi connectivity index (χ1) is 15.0. The molecule has 0 aliphatic carbocycles. The van der Waals surface area contributed by atoms with E-state index >= 15 is 0 Å². The van der Waals surface area contributed by atoms with Gasteiger partial charge >= 0.3 is 0 Å². The van der Waals surface area contributed by atoms with Crippen LogP contribution < -0.4 is 10.6 Å². The Labute approximate surface area is 185 Å². The first-order valence-electron chi connectivity index (χ1n) is 11.2. The average Bonchev–Trinajstić information content (AvgIpc) is 2.79. The molecule has 2 N–H and O–H groups in total. The molecule has 6 heteroatoms. The molecule has 0 bridgehead atoms. The molecule has 1 aliphatic rings. The van der Waals surface area contributed by atoms with E-state index in [0.29, 0.717) is 12.1 Å². The van der Waals surface area contributed by atoms with Crippen LogP contribution in [-0.2, 0) is 17.9 Å². The van der Waals surface area contributed by atoms with Crippen molar-refractivity contribution in [1.29, 1.82) is 0 Å². The molecule has 0 aromatic heterocycles. The highest BCUT2D eigenvalue weighted by atomic mass is 16.2. The second kappa shape index (κ2) is 11.6. The van der Waals surface area contributed by atoms with Gasteiger partial charge in [0.1, 0.15) is 0 Å². The Hall–Kier alpha value is -2.70. The third kappa shape index (κ3) is 7.49. The molecule has 2 aromatic rings. The number of benzene rings is 2. The number of carbonyl (C=O) groups excluding carboxylic acids is 2. The third-order valence-electron chi connectivity index (χ3n) is 5.74. The number of hydrogen-bond donors (Lipinski definition) is 2. The van der Waals surface area contributed by atoms with Gasteiger partial charge in [-0.3, -0.25) is 14.5 Å². The highest BCUT2D eigenvalue weighted by molar-refractivity contribution is 5.94. The molecule has 6 nitrogen and oxygen atoms in total. The summed E-state index contributed by atoms with van der Waals surface area (Å²) in [5.41, 5.74) is 2.98.